The zero-order valence-electron chi connectivity index (χ0n) is 20.1. The summed E-state index contributed by atoms with van der Waals surface area (Å²) in [7, 11) is 1.49. The Labute approximate surface area is 195 Å². The van der Waals surface area contributed by atoms with E-state index in [-0.39, 0.29) is 12.4 Å². The summed E-state index contributed by atoms with van der Waals surface area (Å²) in [4.78, 5) is 11.7. The van der Waals surface area contributed by atoms with Crippen molar-refractivity contribution >= 4 is 12.0 Å². The van der Waals surface area contributed by atoms with Gasteiger partial charge in [-0.3, -0.25) is 0 Å². The number of hydrogen-bond donors (Lipinski definition) is 3. The number of hydrogen-bond acceptors (Lipinski definition) is 7. The summed E-state index contributed by atoms with van der Waals surface area (Å²) in [5.41, 5.74) is 2.55. The van der Waals surface area contributed by atoms with Gasteiger partial charge in [0, 0.05) is 7.11 Å². The molecule has 1 aliphatic rings. The minimum atomic E-state index is -1.01. The van der Waals surface area contributed by atoms with Gasteiger partial charge in [0.1, 0.15) is 25.1 Å². The van der Waals surface area contributed by atoms with Gasteiger partial charge in [0.25, 0.3) is 0 Å². The summed E-state index contributed by atoms with van der Waals surface area (Å²) < 4.78 is 22.2. The van der Waals surface area contributed by atoms with E-state index in [9.17, 15) is 20.1 Å². The van der Waals surface area contributed by atoms with Crippen LogP contribution < -0.4 is 0 Å². The van der Waals surface area contributed by atoms with Crippen molar-refractivity contribution in [1.29, 1.82) is 0 Å². The summed E-state index contributed by atoms with van der Waals surface area (Å²) in [6.45, 7) is 8.83. The Bertz CT molecular complexity index is 858. The molecule has 0 aromatic heterocycles. The van der Waals surface area contributed by atoms with Crippen molar-refractivity contribution in [3.8, 4) is 0 Å². The zero-order valence-corrected chi connectivity index (χ0v) is 20.1. The SMILES string of the molecule is COCO[C@H](/C=C\C(O)[C@H]1OC(C)(C)O[C@H]1C/C=C/c1cc(C)cc(C)c1C(=O)O)[C@H](C)O. The Hall–Kier alpha value is -2.07. The van der Waals surface area contributed by atoms with Crippen LogP contribution in [0.15, 0.2) is 30.4 Å². The van der Waals surface area contributed by atoms with Crippen LogP contribution in [0.5, 0.6) is 0 Å². The molecule has 1 fully saturated rings. The van der Waals surface area contributed by atoms with E-state index in [2.05, 4.69) is 0 Å². The van der Waals surface area contributed by atoms with Crippen LogP contribution in [-0.2, 0) is 18.9 Å². The van der Waals surface area contributed by atoms with Crippen LogP contribution in [-0.4, -0.2) is 71.5 Å². The molecule has 0 aliphatic carbocycles. The lowest BCUT2D eigenvalue weighted by atomic mass is 9.97. The van der Waals surface area contributed by atoms with E-state index in [1.165, 1.54) is 13.2 Å². The molecule has 0 saturated carbocycles. The van der Waals surface area contributed by atoms with Crippen LogP contribution in [0, 0.1) is 13.8 Å². The highest BCUT2D eigenvalue weighted by Crippen LogP contribution is 2.32. The van der Waals surface area contributed by atoms with Crippen LogP contribution in [0.2, 0.25) is 0 Å². The molecule has 3 N–H and O–H groups in total. The molecule has 1 heterocycles. The molecular formula is C25H36O8. The average Bonchev–Trinajstić information content (AvgIpc) is 3.01. The van der Waals surface area contributed by atoms with E-state index in [0.29, 0.717) is 17.5 Å². The van der Waals surface area contributed by atoms with Gasteiger partial charge in [0.2, 0.25) is 0 Å². The highest BCUT2D eigenvalue weighted by Gasteiger charge is 2.43. The fourth-order valence-electron chi connectivity index (χ4n) is 3.92. The summed E-state index contributed by atoms with van der Waals surface area (Å²) >= 11 is 0. The third-order valence-corrected chi connectivity index (χ3v) is 5.30. The number of benzene rings is 1. The van der Waals surface area contributed by atoms with Crippen molar-refractivity contribution in [2.45, 2.75) is 77.3 Å². The second kappa shape index (κ2) is 11.9. The van der Waals surface area contributed by atoms with Crippen molar-refractivity contribution < 1.29 is 39.1 Å². The van der Waals surface area contributed by atoms with Crippen LogP contribution in [0.25, 0.3) is 6.08 Å². The molecule has 2 rings (SSSR count). The number of aliphatic hydroxyl groups excluding tert-OH is 2. The quantitative estimate of drug-likeness (QED) is 0.338. The Morgan fingerprint density at radius 1 is 1.21 bits per heavy atom. The van der Waals surface area contributed by atoms with Crippen LogP contribution in [0.3, 0.4) is 0 Å². The van der Waals surface area contributed by atoms with Crippen LogP contribution >= 0.6 is 0 Å². The zero-order chi connectivity index (χ0) is 24.8. The van der Waals surface area contributed by atoms with Crippen LogP contribution in [0.4, 0.5) is 0 Å². The summed E-state index contributed by atoms with van der Waals surface area (Å²) in [5.74, 6) is -1.86. The number of carboxylic acid groups (broad SMARTS) is 1. The third kappa shape index (κ3) is 7.74. The lowest BCUT2D eigenvalue weighted by Crippen LogP contribution is -2.34. The van der Waals surface area contributed by atoms with Crippen molar-refractivity contribution in [2.75, 3.05) is 13.9 Å². The first-order chi connectivity index (χ1) is 15.4. The summed E-state index contributed by atoms with van der Waals surface area (Å²) in [6, 6.07) is 3.67. The van der Waals surface area contributed by atoms with Crippen molar-refractivity contribution in [1.82, 2.24) is 0 Å². The summed E-state index contributed by atoms with van der Waals surface area (Å²) in [5, 5.41) is 30.2. The molecule has 8 heteroatoms. The number of aromatic carboxylic acids is 1. The van der Waals surface area contributed by atoms with E-state index in [0.717, 1.165) is 5.56 Å². The fourth-order valence-corrected chi connectivity index (χ4v) is 3.92. The Morgan fingerprint density at radius 2 is 1.91 bits per heavy atom. The van der Waals surface area contributed by atoms with Crippen molar-refractivity contribution in [3.05, 3.63) is 52.6 Å². The molecule has 184 valence electrons. The van der Waals surface area contributed by atoms with E-state index >= 15 is 0 Å². The first kappa shape index (κ1) is 27.2. The molecule has 0 spiro atoms. The molecule has 1 aliphatic heterocycles. The lowest BCUT2D eigenvalue weighted by molar-refractivity contribution is -0.152. The van der Waals surface area contributed by atoms with Gasteiger partial charge in [-0.25, -0.2) is 4.79 Å². The Morgan fingerprint density at radius 3 is 2.52 bits per heavy atom. The minimum absolute atomic E-state index is 0.0102. The van der Waals surface area contributed by atoms with Gasteiger partial charge in [-0.2, -0.15) is 0 Å². The Balaban J connectivity index is 2.16. The van der Waals surface area contributed by atoms with Gasteiger partial charge in [0.05, 0.1) is 17.8 Å². The lowest BCUT2D eigenvalue weighted by Gasteiger charge is -2.21. The van der Waals surface area contributed by atoms with E-state index in [1.54, 1.807) is 39.8 Å². The number of rotatable bonds is 11. The van der Waals surface area contributed by atoms with Gasteiger partial charge >= 0.3 is 5.97 Å². The van der Waals surface area contributed by atoms with E-state index < -0.39 is 42.3 Å². The van der Waals surface area contributed by atoms with Crippen molar-refractivity contribution in [3.63, 3.8) is 0 Å². The molecule has 1 aromatic carbocycles. The maximum absolute atomic E-state index is 11.7. The number of aryl methyl sites for hydroxylation is 2. The number of carboxylic acids is 1. The standard InChI is InChI=1S/C25H36O8/c1-15-12-16(2)22(24(28)29)18(13-15)8-7-9-21-23(33-25(4,5)32-21)19(27)10-11-20(17(3)26)31-14-30-6/h7-8,10-13,17,19-21,23,26-27H,9,14H2,1-6H3,(H,28,29)/b8-7+,11-10-/t17-,19?,20+,21-,23+/m0/s1. The normalized spacial score (nSPS) is 23.3. The largest absolute Gasteiger partial charge is 0.478 e. The Kier molecular flexibility index (Phi) is 9.78. The van der Waals surface area contributed by atoms with E-state index in [4.69, 9.17) is 18.9 Å². The van der Waals surface area contributed by atoms with E-state index in [1.807, 2.05) is 25.1 Å². The number of ether oxygens (including phenoxy) is 4. The van der Waals surface area contributed by atoms with Crippen LogP contribution in [0.1, 0.15) is 54.2 Å². The monoisotopic (exact) mass is 464 g/mol. The number of carbonyl (C=O) groups is 1. The minimum Gasteiger partial charge on any atom is -0.478 e. The third-order valence-electron chi connectivity index (χ3n) is 5.30. The molecule has 33 heavy (non-hydrogen) atoms. The van der Waals surface area contributed by atoms with Gasteiger partial charge in [-0.1, -0.05) is 42.0 Å². The smallest absolute Gasteiger partial charge is 0.336 e. The predicted molar refractivity (Wildman–Crippen MR) is 124 cm³/mol. The molecule has 8 nitrogen and oxygen atoms in total. The van der Waals surface area contributed by atoms with Gasteiger partial charge < -0.3 is 34.3 Å². The highest BCUT2D eigenvalue weighted by atomic mass is 16.8. The van der Waals surface area contributed by atoms with Crippen molar-refractivity contribution in [2.24, 2.45) is 0 Å². The molecule has 1 saturated heterocycles. The molecule has 0 bridgehead atoms. The maximum Gasteiger partial charge on any atom is 0.336 e. The predicted octanol–water partition coefficient (Wildman–Crippen LogP) is 3.21. The maximum atomic E-state index is 11.7. The second-order valence-electron chi connectivity index (χ2n) is 8.78. The average molecular weight is 465 g/mol. The molecule has 1 aromatic rings. The topological polar surface area (TPSA) is 115 Å². The van der Waals surface area contributed by atoms with Gasteiger partial charge in [-0.15, -0.1) is 0 Å². The second-order valence-corrected chi connectivity index (χ2v) is 8.78. The fraction of sp³-hybridized carbons (Fsp3) is 0.560. The number of aliphatic hydroxyl groups is 2. The van der Waals surface area contributed by atoms with Gasteiger partial charge in [-0.05, 0) is 52.2 Å². The number of methoxy groups -OCH3 is 1. The first-order valence-corrected chi connectivity index (χ1v) is 11.0. The molecule has 5 atom stereocenters. The molecule has 0 amide bonds. The molecule has 0 radical (unpaired) electrons. The van der Waals surface area contributed by atoms with Gasteiger partial charge in [0.15, 0.2) is 5.79 Å². The highest BCUT2D eigenvalue weighted by molar-refractivity contribution is 5.94. The molecule has 1 unspecified atom stereocenters. The molecular weight excluding hydrogens is 428 g/mol. The summed E-state index contributed by atoms with van der Waals surface area (Å²) in [6.07, 6.45) is 3.54. The first-order valence-electron chi connectivity index (χ1n) is 11.0.